The van der Waals surface area contributed by atoms with E-state index in [0.717, 1.165) is 16.8 Å². The lowest BCUT2D eigenvalue weighted by atomic mass is 9.84. The SMILES string of the molecule is CC(CC(N)=O)CC(N)c1ccc2c(c1)C(C)(C)C(=O)N2. The standard InChI is InChI=1S/C16H23N3O2/c1-9(7-14(18)20)6-12(17)10-4-5-13-11(8-10)16(2,3)15(21)19-13/h4-5,8-9,12H,6-7,17H2,1-3H3,(H2,18,20)(H,19,21). The van der Waals surface area contributed by atoms with E-state index in [-0.39, 0.29) is 23.8 Å². The zero-order chi connectivity index (χ0) is 15.8. The largest absolute Gasteiger partial charge is 0.370 e. The molecule has 0 bridgehead atoms. The molecular weight excluding hydrogens is 266 g/mol. The van der Waals surface area contributed by atoms with Crippen LogP contribution < -0.4 is 16.8 Å². The molecule has 2 unspecified atom stereocenters. The van der Waals surface area contributed by atoms with Crippen molar-refractivity contribution in [3.63, 3.8) is 0 Å². The number of fused-ring (bicyclic) bond motifs is 1. The van der Waals surface area contributed by atoms with Crippen LogP contribution in [-0.4, -0.2) is 11.8 Å². The number of carbonyl (C=O) groups is 2. The molecule has 1 heterocycles. The lowest BCUT2D eigenvalue weighted by molar-refractivity contribution is -0.120. The minimum Gasteiger partial charge on any atom is -0.370 e. The molecule has 0 aromatic heterocycles. The van der Waals surface area contributed by atoms with Crippen LogP contribution in [0.25, 0.3) is 0 Å². The average Bonchev–Trinajstić information content (AvgIpc) is 2.59. The quantitative estimate of drug-likeness (QED) is 0.771. The summed E-state index contributed by atoms with van der Waals surface area (Å²) in [6.45, 7) is 5.77. The molecule has 1 aliphatic rings. The fraction of sp³-hybridized carbons (Fsp3) is 0.500. The number of hydrogen-bond acceptors (Lipinski definition) is 3. The van der Waals surface area contributed by atoms with Crippen molar-refractivity contribution in [2.24, 2.45) is 17.4 Å². The van der Waals surface area contributed by atoms with Gasteiger partial charge in [0, 0.05) is 18.2 Å². The number of hydrogen-bond donors (Lipinski definition) is 3. The van der Waals surface area contributed by atoms with E-state index in [1.54, 1.807) is 0 Å². The second-order valence-corrected chi connectivity index (χ2v) is 6.50. The highest BCUT2D eigenvalue weighted by molar-refractivity contribution is 6.05. The number of benzene rings is 1. The third kappa shape index (κ3) is 3.08. The van der Waals surface area contributed by atoms with Crippen molar-refractivity contribution < 1.29 is 9.59 Å². The van der Waals surface area contributed by atoms with Gasteiger partial charge in [0.2, 0.25) is 11.8 Å². The molecule has 0 radical (unpaired) electrons. The molecule has 1 aromatic rings. The molecule has 0 spiro atoms. The van der Waals surface area contributed by atoms with Crippen molar-refractivity contribution >= 4 is 17.5 Å². The van der Waals surface area contributed by atoms with Gasteiger partial charge in [-0.2, -0.15) is 0 Å². The Morgan fingerprint density at radius 3 is 2.67 bits per heavy atom. The maximum Gasteiger partial charge on any atom is 0.234 e. The summed E-state index contributed by atoms with van der Waals surface area (Å²) in [7, 11) is 0. The Bertz CT molecular complexity index is 581. The number of nitrogens with one attached hydrogen (secondary N) is 1. The predicted molar refractivity (Wildman–Crippen MR) is 82.6 cm³/mol. The summed E-state index contributed by atoms with van der Waals surface area (Å²) < 4.78 is 0. The first kappa shape index (κ1) is 15.5. The van der Waals surface area contributed by atoms with Crippen molar-refractivity contribution in [2.75, 3.05) is 5.32 Å². The van der Waals surface area contributed by atoms with Gasteiger partial charge in [0.15, 0.2) is 0 Å². The summed E-state index contributed by atoms with van der Waals surface area (Å²) >= 11 is 0. The summed E-state index contributed by atoms with van der Waals surface area (Å²) in [5, 5.41) is 2.88. The van der Waals surface area contributed by atoms with Gasteiger partial charge in [0.05, 0.1) is 5.41 Å². The highest BCUT2D eigenvalue weighted by atomic mass is 16.2. The van der Waals surface area contributed by atoms with Gasteiger partial charge >= 0.3 is 0 Å². The number of rotatable bonds is 5. The van der Waals surface area contributed by atoms with Crippen molar-refractivity contribution in [3.8, 4) is 0 Å². The summed E-state index contributed by atoms with van der Waals surface area (Å²) in [6.07, 6.45) is 1.02. The van der Waals surface area contributed by atoms with E-state index in [1.807, 2.05) is 39.0 Å². The Hall–Kier alpha value is -1.88. The first-order valence-corrected chi connectivity index (χ1v) is 7.21. The van der Waals surface area contributed by atoms with Gasteiger partial charge in [-0.1, -0.05) is 19.1 Å². The van der Waals surface area contributed by atoms with Crippen LogP contribution in [0.2, 0.25) is 0 Å². The second-order valence-electron chi connectivity index (χ2n) is 6.50. The normalized spacial score (nSPS) is 18.8. The van der Waals surface area contributed by atoms with E-state index < -0.39 is 5.41 Å². The molecule has 5 N–H and O–H groups in total. The summed E-state index contributed by atoms with van der Waals surface area (Å²) in [4.78, 5) is 22.9. The first-order valence-electron chi connectivity index (χ1n) is 7.21. The average molecular weight is 289 g/mol. The monoisotopic (exact) mass is 289 g/mol. The second kappa shape index (κ2) is 5.48. The maximum atomic E-state index is 11.9. The van der Waals surface area contributed by atoms with Gasteiger partial charge in [-0.25, -0.2) is 0 Å². The summed E-state index contributed by atoms with van der Waals surface area (Å²) in [5.74, 6) is -0.163. The van der Waals surface area contributed by atoms with Crippen LogP contribution >= 0.6 is 0 Å². The van der Waals surface area contributed by atoms with Crippen molar-refractivity contribution in [1.82, 2.24) is 0 Å². The van der Waals surface area contributed by atoms with Crippen LogP contribution in [0, 0.1) is 5.92 Å². The first-order chi connectivity index (χ1) is 9.71. The zero-order valence-corrected chi connectivity index (χ0v) is 12.8. The molecule has 21 heavy (non-hydrogen) atoms. The number of carbonyl (C=O) groups excluding carboxylic acids is 2. The van der Waals surface area contributed by atoms with Gasteiger partial charge in [-0.15, -0.1) is 0 Å². The number of nitrogens with two attached hydrogens (primary N) is 2. The van der Waals surface area contributed by atoms with E-state index in [0.29, 0.717) is 12.8 Å². The van der Waals surface area contributed by atoms with Crippen LogP contribution in [0.4, 0.5) is 5.69 Å². The van der Waals surface area contributed by atoms with Crippen LogP contribution in [0.15, 0.2) is 18.2 Å². The Kier molecular flexibility index (Phi) is 4.05. The lowest BCUT2D eigenvalue weighted by Gasteiger charge is -2.20. The van der Waals surface area contributed by atoms with Crippen LogP contribution in [0.1, 0.15) is 50.8 Å². The summed E-state index contributed by atoms with van der Waals surface area (Å²) in [5.41, 5.74) is 13.7. The van der Waals surface area contributed by atoms with E-state index >= 15 is 0 Å². The molecule has 5 heteroatoms. The minimum atomic E-state index is -0.538. The van der Waals surface area contributed by atoms with E-state index in [4.69, 9.17) is 11.5 Å². The van der Waals surface area contributed by atoms with Gasteiger partial charge in [0.25, 0.3) is 0 Å². The van der Waals surface area contributed by atoms with Crippen molar-refractivity contribution in [2.45, 2.75) is 45.1 Å². The number of primary amides is 1. The molecule has 0 fully saturated rings. The van der Waals surface area contributed by atoms with E-state index in [1.165, 1.54) is 0 Å². The fourth-order valence-electron chi connectivity index (χ4n) is 2.82. The topological polar surface area (TPSA) is 98.2 Å². The molecule has 0 aliphatic carbocycles. The molecule has 1 aromatic carbocycles. The predicted octanol–water partition coefficient (Wildman–Crippen LogP) is 1.82. The molecule has 1 aliphatic heterocycles. The Balaban J connectivity index is 2.18. The summed E-state index contributed by atoms with van der Waals surface area (Å²) in [6, 6.07) is 5.66. The smallest absolute Gasteiger partial charge is 0.234 e. The van der Waals surface area contributed by atoms with Crippen LogP contribution in [0.3, 0.4) is 0 Å². The maximum absolute atomic E-state index is 11.9. The molecule has 2 amide bonds. The van der Waals surface area contributed by atoms with Gasteiger partial charge in [-0.3, -0.25) is 9.59 Å². The van der Waals surface area contributed by atoms with E-state index in [9.17, 15) is 9.59 Å². The number of amides is 2. The highest BCUT2D eigenvalue weighted by Gasteiger charge is 2.38. The Morgan fingerprint density at radius 1 is 1.38 bits per heavy atom. The van der Waals surface area contributed by atoms with Gasteiger partial charge in [-0.05, 0) is 43.4 Å². The molecule has 0 saturated carbocycles. The van der Waals surface area contributed by atoms with Gasteiger partial charge in [0.1, 0.15) is 0 Å². The van der Waals surface area contributed by atoms with Crippen LogP contribution in [-0.2, 0) is 15.0 Å². The number of anilines is 1. The van der Waals surface area contributed by atoms with Crippen LogP contribution in [0.5, 0.6) is 0 Å². The Morgan fingerprint density at radius 2 is 2.05 bits per heavy atom. The molecule has 114 valence electrons. The van der Waals surface area contributed by atoms with Gasteiger partial charge < -0.3 is 16.8 Å². The van der Waals surface area contributed by atoms with Crippen molar-refractivity contribution in [1.29, 1.82) is 0 Å². The molecule has 2 rings (SSSR count). The Labute approximate surface area is 125 Å². The van der Waals surface area contributed by atoms with E-state index in [2.05, 4.69) is 5.32 Å². The zero-order valence-electron chi connectivity index (χ0n) is 12.8. The molecule has 0 saturated heterocycles. The fourth-order valence-corrected chi connectivity index (χ4v) is 2.82. The lowest BCUT2D eigenvalue weighted by Crippen LogP contribution is -2.27. The van der Waals surface area contributed by atoms with Crippen molar-refractivity contribution in [3.05, 3.63) is 29.3 Å². The minimum absolute atomic E-state index is 0.00492. The third-order valence-electron chi connectivity index (χ3n) is 4.17. The molecular formula is C16H23N3O2. The molecule has 2 atom stereocenters. The third-order valence-corrected chi connectivity index (χ3v) is 4.17. The highest BCUT2D eigenvalue weighted by Crippen LogP contribution is 2.38. The molecule has 5 nitrogen and oxygen atoms in total.